The molecule has 1 radical (unpaired) electrons. The molecule has 4 nitrogen and oxygen atoms in total. The number of ether oxygens (including phenoxy) is 2. The summed E-state index contributed by atoms with van der Waals surface area (Å²) in [5, 5.41) is 0. The predicted molar refractivity (Wildman–Crippen MR) is 77.4 cm³/mol. The second kappa shape index (κ2) is 9.49. The Morgan fingerprint density at radius 3 is 2.50 bits per heavy atom. The van der Waals surface area contributed by atoms with Crippen LogP contribution in [0.5, 0.6) is 0 Å². The fourth-order valence-corrected chi connectivity index (χ4v) is 7.39. The maximum Gasteiger partial charge on any atom is 0.330 e. The maximum absolute atomic E-state index is 10.7. The van der Waals surface area contributed by atoms with Crippen molar-refractivity contribution in [3.63, 3.8) is 0 Å². The Morgan fingerprint density at radius 1 is 1.28 bits per heavy atom. The van der Waals surface area contributed by atoms with E-state index in [-0.39, 0.29) is 0 Å². The summed E-state index contributed by atoms with van der Waals surface area (Å²) in [5.74, 6) is -0.402. The topological polar surface area (TPSA) is 44.8 Å². The molecule has 0 aliphatic carbocycles. The van der Waals surface area contributed by atoms with Gasteiger partial charge in [0.25, 0.3) is 0 Å². The van der Waals surface area contributed by atoms with Crippen LogP contribution in [0, 0.1) is 0 Å². The van der Waals surface area contributed by atoms with Gasteiger partial charge in [-0.25, -0.2) is 4.79 Å². The van der Waals surface area contributed by atoms with Crippen molar-refractivity contribution in [1.29, 1.82) is 0 Å². The average Bonchev–Trinajstić information content (AvgIpc) is 2.25. The van der Waals surface area contributed by atoms with Crippen LogP contribution in [0.15, 0.2) is 12.7 Å². The quantitative estimate of drug-likeness (QED) is 0.268. The first-order chi connectivity index (χ1) is 8.37. The molecule has 0 aromatic heterocycles. The Labute approximate surface area is 113 Å². The molecular weight excluding hydrogens is 264 g/mol. The second-order valence-corrected chi connectivity index (χ2v) is 11.5. The smallest absolute Gasteiger partial charge is 0.330 e. The highest BCUT2D eigenvalue weighted by Crippen LogP contribution is 2.14. The van der Waals surface area contributed by atoms with Gasteiger partial charge in [-0.15, -0.1) is 0 Å². The minimum Gasteiger partial charge on any atom is -0.460 e. The Hall–Kier alpha value is -0.436. The highest BCUT2D eigenvalue weighted by molar-refractivity contribution is 6.77. The Kier molecular flexibility index (Phi) is 9.26. The third-order valence-electron chi connectivity index (χ3n) is 2.19. The number of hydrogen-bond acceptors (Lipinski definition) is 4. The zero-order valence-corrected chi connectivity index (χ0v) is 14.0. The van der Waals surface area contributed by atoms with Crippen LogP contribution in [-0.2, 0) is 18.4 Å². The van der Waals surface area contributed by atoms with E-state index in [1.807, 2.05) is 0 Å². The lowest BCUT2D eigenvalue weighted by Gasteiger charge is -2.25. The molecule has 0 bridgehead atoms. The minimum atomic E-state index is -1.49. The van der Waals surface area contributed by atoms with E-state index >= 15 is 0 Å². The first kappa shape index (κ1) is 17.6. The van der Waals surface area contributed by atoms with Gasteiger partial charge >= 0.3 is 5.97 Å². The molecule has 0 saturated carbocycles. The molecular formula is C12H25O4Si2. The molecule has 18 heavy (non-hydrogen) atoms. The standard InChI is InChI=1S/C12H25O4Si2/c1-6-12(13)15-10-9-14-8-7-11-18(4,5)16-17(2)3/h6H,1,7-11H2,2-5H3. The van der Waals surface area contributed by atoms with Crippen molar-refractivity contribution in [2.45, 2.75) is 38.7 Å². The second-order valence-electron chi connectivity index (χ2n) is 4.86. The van der Waals surface area contributed by atoms with Gasteiger partial charge in [-0.1, -0.05) is 6.58 Å². The normalized spacial score (nSPS) is 11.6. The van der Waals surface area contributed by atoms with Crippen molar-refractivity contribution in [2.75, 3.05) is 19.8 Å². The Balaban J connectivity index is 3.45. The van der Waals surface area contributed by atoms with Crippen molar-refractivity contribution in [1.82, 2.24) is 0 Å². The van der Waals surface area contributed by atoms with Gasteiger partial charge in [-0.05, 0) is 38.7 Å². The van der Waals surface area contributed by atoms with Crippen LogP contribution in [0.3, 0.4) is 0 Å². The largest absolute Gasteiger partial charge is 0.460 e. The van der Waals surface area contributed by atoms with Crippen LogP contribution in [-0.4, -0.2) is 43.1 Å². The van der Waals surface area contributed by atoms with Crippen molar-refractivity contribution in [3.05, 3.63) is 12.7 Å². The molecule has 0 aromatic rings. The van der Waals surface area contributed by atoms with Gasteiger partial charge < -0.3 is 13.6 Å². The van der Waals surface area contributed by atoms with Crippen LogP contribution >= 0.6 is 0 Å². The maximum atomic E-state index is 10.7. The molecule has 0 aromatic carbocycles. The van der Waals surface area contributed by atoms with E-state index in [0.29, 0.717) is 19.8 Å². The molecule has 0 unspecified atom stereocenters. The summed E-state index contributed by atoms with van der Waals surface area (Å²) in [6.45, 7) is 13.6. The molecule has 0 amide bonds. The van der Waals surface area contributed by atoms with Gasteiger partial charge in [0.2, 0.25) is 0 Å². The van der Waals surface area contributed by atoms with Gasteiger partial charge in [-0.2, -0.15) is 0 Å². The lowest BCUT2D eigenvalue weighted by atomic mass is 10.5. The SMILES string of the molecule is C=CC(=O)OCCOCCC[Si](C)(C)O[Si](C)C. The van der Waals surface area contributed by atoms with Crippen molar-refractivity contribution in [2.24, 2.45) is 0 Å². The molecule has 0 heterocycles. The van der Waals surface area contributed by atoms with Gasteiger partial charge in [0, 0.05) is 12.7 Å². The summed E-state index contributed by atoms with van der Waals surface area (Å²) in [6, 6.07) is 1.11. The summed E-state index contributed by atoms with van der Waals surface area (Å²) in [7, 11) is -2.09. The molecule has 0 N–H and O–H groups in total. The third-order valence-corrected chi connectivity index (χ3v) is 7.59. The summed E-state index contributed by atoms with van der Waals surface area (Å²) in [6.07, 6.45) is 2.16. The zero-order valence-electron chi connectivity index (χ0n) is 12.0. The summed E-state index contributed by atoms with van der Waals surface area (Å²) in [5.41, 5.74) is 0. The summed E-state index contributed by atoms with van der Waals surface area (Å²) < 4.78 is 16.2. The molecule has 0 spiro atoms. The molecule has 0 atom stereocenters. The van der Waals surface area contributed by atoms with Crippen molar-refractivity contribution >= 4 is 23.3 Å². The number of carbonyl (C=O) groups excluding carboxylic acids is 1. The fraction of sp³-hybridized carbons (Fsp3) is 0.750. The highest BCUT2D eigenvalue weighted by atomic mass is 28.4. The van der Waals surface area contributed by atoms with Crippen LogP contribution in [0.2, 0.25) is 32.2 Å². The van der Waals surface area contributed by atoms with E-state index in [9.17, 15) is 4.79 Å². The van der Waals surface area contributed by atoms with E-state index in [1.54, 1.807) is 0 Å². The molecule has 105 valence electrons. The predicted octanol–water partition coefficient (Wildman–Crippen LogP) is 2.60. The first-order valence-electron chi connectivity index (χ1n) is 6.23. The summed E-state index contributed by atoms with van der Waals surface area (Å²) >= 11 is 0. The lowest BCUT2D eigenvalue weighted by Crippen LogP contribution is -2.35. The Morgan fingerprint density at radius 2 is 1.94 bits per heavy atom. The monoisotopic (exact) mass is 289 g/mol. The van der Waals surface area contributed by atoms with E-state index < -0.39 is 23.3 Å². The van der Waals surface area contributed by atoms with Gasteiger partial charge in [-0.3, -0.25) is 0 Å². The van der Waals surface area contributed by atoms with Crippen LogP contribution in [0.25, 0.3) is 0 Å². The van der Waals surface area contributed by atoms with Crippen molar-refractivity contribution in [3.8, 4) is 0 Å². The van der Waals surface area contributed by atoms with E-state index in [2.05, 4.69) is 32.8 Å². The highest BCUT2D eigenvalue weighted by Gasteiger charge is 2.23. The van der Waals surface area contributed by atoms with Crippen LogP contribution < -0.4 is 0 Å². The molecule has 0 aliphatic heterocycles. The number of hydrogen-bond donors (Lipinski definition) is 0. The Bertz CT molecular complexity index is 254. The van der Waals surface area contributed by atoms with Gasteiger partial charge in [0.15, 0.2) is 17.4 Å². The first-order valence-corrected chi connectivity index (χ1v) is 11.8. The average molecular weight is 290 g/mol. The molecule has 0 aliphatic rings. The van der Waals surface area contributed by atoms with Crippen LogP contribution in [0.4, 0.5) is 0 Å². The zero-order chi connectivity index (χ0) is 14.0. The molecule has 6 heteroatoms. The van der Waals surface area contributed by atoms with E-state index in [4.69, 9.17) is 13.6 Å². The number of esters is 1. The number of rotatable bonds is 10. The summed E-state index contributed by atoms with van der Waals surface area (Å²) in [4.78, 5) is 10.7. The van der Waals surface area contributed by atoms with Crippen LogP contribution in [0.1, 0.15) is 6.42 Å². The lowest BCUT2D eigenvalue weighted by molar-refractivity contribution is -0.139. The third kappa shape index (κ3) is 10.7. The number of carbonyl (C=O) groups is 1. The van der Waals surface area contributed by atoms with Gasteiger partial charge in [0.1, 0.15) is 6.61 Å². The fourth-order valence-electron chi connectivity index (χ4n) is 1.57. The molecule has 0 saturated heterocycles. The van der Waals surface area contributed by atoms with Crippen molar-refractivity contribution < 1.29 is 18.4 Å². The van der Waals surface area contributed by atoms with Gasteiger partial charge in [0.05, 0.1) is 6.61 Å². The molecule has 0 rings (SSSR count). The van der Waals surface area contributed by atoms with E-state index in [1.165, 1.54) is 0 Å². The molecule has 0 fully saturated rings. The van der Waals surface area contributed by atoms with E-state index in [0.717, 1.165) is 18.5 Å². The minimum absolute atomic E-state index is 0.291.